The molecule has 0 saturated carbocycles. The summed E-state index contributed by atoms with van der Waals surface area (Å²) < 4.78 is 16.5. The Bertz CT molecular complexity index is 1190. The summed E-state index contributed by atoms with van der Waals surface area (Å²) in [5.41, 5.74) is 4.27. The van der Waals surface area contributed by atoms with Crippen LogP contribution in [0.15, 0.2) is 48.8 Å². The van der Waals surface area contributed by atoms with Gasteiger partial charge in [0.1, 0.15) is 17.2 Å². The fourth-order valence-electron chi connectivity index (χ4n) is 5.51. The molecule has 0 aliphatic carbocycles. The molecule has 5 rings (SSSR count). The second-order valence-corrected chi connectivity index (χ2v) is 10.2. The summed E-state index contributed by atoms with van der Waals surface area (Å²) in [6, 6.07) is 12.9. The number of aryl methyl sites for hydroxylation is 2. The van der Waals surface area contributed by atoms with Crippen LogP contribution < -0.4 is 29.7 Å². The van der Waals surface area contributed by atoms with E-state index < -0.39 is 0 Å². The van der Waals surface area contributed by atoms with Gasteiger partial charge in [0.15, 0.2) is 0 Å². The van der Waals surface area contributed by atoms with Crippen molar-refractivity contribution in [3.63, 3.8) is 0 Å². The Hall–Kier alpha value is -3.56. The second kappa shape index (κ2) is 13.0. The van der Waals surface area contributed by atoms with Crippen LogP contribution in [0.3, 0.4) is 0 Å². The summed E-state index contributed by atoms with van der Waals surface area (Å²) in [6.07, 6.45) is 7.80. The standard InChI is InChI=1S/C30H40N6O3/c1-37-26-16-22(17-27(19-26)38-2)4-5-23-20-32-30(33-21-23)34-24-6-7-28(29(18-24)39-3)36-12-8-25(9-13-36)35-14-10-31-11-15-35/h6-7,16-21,25,31H,4-5,8-15H2,1-3H3,(H,32,33,34). The number of piperidine rings is 1. The number of hydrogen-bond acceptors (Lipinski definition) is 9. The van der Waals surface area contributed by atoms with Gasteiger partial charge in [0.2, 0.25) is 5.95 Å². The summed E-state index contributed by atoms with van der Waals surface area (Å²) >= 11 is 0. The smallest absolute Gasteiger partial charge is 0.227 e. The zero-order chi connectivity index (χ0) is 27.0. The van der Waals surface area contributed by atoms with E-state index in [1.807, 2.05) is 36.7 Å². The van der Waals surface area contributed by atoms with Crippen LogP contribution >= 0.6 is 0 Å². The van der Waals surface area contributed by atoms with Crippen LogP contribution in [0.5, 0.6) is 17.2 Å². The molecule has 39 heavy (non-hydrogen) atoms. The Labute approximate surface area is 231 Å². The van der Waals surface area contributed by atoms with Gasteiger partial charge in [0, 0.05) is 75.5 Å². The molecule has 2 N–H and O–H groups in total. The van der Waals surface area contributed by atoms with E-state index in [0.29, 0.717) is 12.0 Å². The molecule has 2 aromatic carbocycles. The lowest BCUT2D eigenvalue weighted by Gasteiger charge is -2.41. The van der Waals surface area contributed by atoms with E-state index in [1.165, 1.54) is 12.8 Å². The predicted octanol–water partition coefficient (Wildman–Crippen LogP) is 3.91. The minimum absolute atomic E-state index is 0.563. The molecule has 0 atom stereocenters. The first-order valence-corrected chi connectivity index (χ1v) is 13.8. The van der Waals surface area contributed by atoms with Gasteiger partial charge in [-0.2, -0.15) is 0 Å². The zero-order valence-corrected chi connectivity index (χ0v) is 23.3. The fraction of sp³-hybridized carbons (Fsp3) is 0.467. The van der Waals surface area contributed by atoms with E-state index in [0.717, 1.165) is 91.9 Å². The molecule has 0 bridgehead atoms. The summed E-state index contributed by atoms with van der Waals surface area (Å²) in [5, 5.41) is 6.78. The van der Waals surface area contributed by atoms with Gasteiger partial charge >= 0.3 is 0 Å². The Balaban J connectivity index is 1.16. The van der Waals surface area contributed by atoms with Crippen molar-refractivity contribution < 1.29 is 14.2 Å². The highest BCUT2D eigenvalue weighted by atomic mass is 16.5. The monoisotopic (exact) mass is 532 g/mol. The van der Waals surface area contributed by atoms with E-state index in [-0.39, 0.29) is 0 Å². The first-order valence-electron chi connectivity index (χ1n) is 13.8. The molecule has 9 nitrogen and oxygen atoms in total. The van der Waals surface area contributed by atoms with Gasteiger partial charge in [-0.25, -0.2) is 9.97 Å². The number of hydrogen-bond donors (Lipinski definition) is 2. The van der Waals surface area contributed by atoms with Crippen molar-refractivity contribution in [2.24, 2.45) is 0 Å². The molecule has 3 aromatic rings. The quantitative estimate of drug-likeness (QED) is 0.404. The molecule has 9 heteroatoms. The number of benzene rings is 2. The molecule has 0 radical (unpaired) electrons. The minimum Gasteiger partial charge on any atom is -0.497 e. The van der Waals surface area contributed by atoms with Gasteiger partial charge in [-0.05, 0) is 61.1 Å². The van der Waals surface area contributed by atoms with Crippen LogP contribution in [0.1, 0.15) is 24.0 Å². The number of nitrogens with zero attached hydrogens (tertiary/aromatic N) is 4. The van der Waals surface area contributed by atoms with Crippen LogP contribution in [-0.2, 0) is 12.8 Å². The van der Waals surface area contributed by atoms with Crippen LogP contribution in [-0.4, -0.2) is 81.5 Å². The van der Waals surface area contributed by atoms with Crippen molar-refractivity contribution >= 4 is 17.3 Å². The van der Waals surface area contributed by atoms with E-state index in [9.17, 15) is 0 Å². The zero-order valence-electron chi connectivity index (χ0n) is 23.3. The highest BCUT2D eigenvalue weighted by Gasteiger charge is 2.26. The van der Waals surface area contributed by atoms with E-state index in [1.54, 1.807) is 21.3 Å². The van der Waals surface area contributed by atoms with Gasteiger partial charge < -0.3 is 29.7 Å². The third kappa shape index (κ3) is 6.91. The minimum atomic E-state index is 0.563. The maximum absolute atomic E-state index is 5.79. The van der Waals surface area contributed by atoms with Crippen LogP contribution in [0.2, 0.25) is 0 Å². The lowest BCUT2D eigenvalue weighted by Crippen LogP contribution is -2.52. The molecule has 0 unspecified atom stereocenters. The molecule has 2 saturated heterocycles. The van der Waals surface area contributed by atoms with Gasteiger partial charge in [0.05, 0.1) is 27.0 Å². The molecule has 0 spiro atoms. The summed E-state index contributed by atoms with van der Waals surface area (Å²) in [7, 11) is 5.07. The number of methoxy groups -OCH3 is 3. The maximum Gasteiger partial charge on any atom is 0.227 e. The Morgan fingerprint density at radius 2 is 1.49 bits per heavy atom. The van der Waals surface area contributed by atoms with Crippen LogP contribution in [0.4, 0.5) is 17.3 Å². The van der Waals surface area contributed by atoms with Crippen molar-refractivity contribution in [1.82, 2.24) is 20.2 Å². The lowest BCUT2D eigenvalue weighted by atomic mass is 10.0. The SMILES string of the molecule is COc1cc(CCc2cnc(Nc3ccc(N4CCC(N5CCNCC5)CC4)c(OC)c3)nc2)cc(OC)c1. The molecule has 2 aliphatic heterocycles. The first-order chi connectivity index (χ1) is 19.1. The summed E-state index contributed by atoms with van der Waals surface area (Å²) in [6.45, 7) is 6.63. The van der Waals surface area contributed by atoms with Crippen molar-refractivity contribution in [3.05, 3.63) is 59.9 Å². The van der Waals surface area contributed by atoms with Crippen LogP contribution in [0.25, 0.3) is 0 Å². The number of ether oxygens (including phenoxy) is 3. The lowest BCUT2D eigenvalue weighted by molar-refractivity contribution is 0.150. The highest BCUT2D eigenvalue weighted by molar-refractivity contribution is 5.67. The van der Waals surface area contributed by atoms with Crippen molar-refractivity contribution in [3.8, 4) is 17.2 Å². The topological polar surface area (TPSA) is 84.0 Å². The number of anilines is 3. The molecule has 2 aliphatic rings. The second-order valence-electron chi connectivity index (χ2n) is 10.2. The largest absolute Gasteiger partial charge is 0.497 e. The van der Waals surface area contributed by atoms with Crippen LogP contribution in [0, 0.1) is 0 Å². The molecule has 2 fully saturated rings. The number of nitrogens with one attached hydrogen (secondary N) is 2. The molecule has 208 valence electrons. The van der Waals surface area contributed by atoms with Gasteiger partial charge in [-0.15, -0.1) is 0 Å². The maximum atomic E-state index is 5.79. The third-order valence-corrected chi connectivity index (χ3v) is 7.73. The first kappa shape index (κ1) is 27.0. The van der Waals surface area contributed by atoms with E-state index >= 15 is 0 Å². The summed E-state index contributed by atoms with van der Waals surface area (Å²) in [4.78, 5) is 14.2. The third-order valence-electron chi connectivity index (χ3n) is 7.73. The predicted molar refractivity (Wildman–Crippen MR) is 155 cm³/mol. The molecule has 3 heterocycles. The summed E-state index contributed by atoms with van der Waals surface area (Å²) in [5.74, 6) is 3.02. The average molecular weight is 533 g/mol. The van der Waals surface area contributed by atoms with Gasteiger partial charge in [0.25, 0.3) is 0 Å². The Kier molecular flexibility index (Phi) is 9.00. The fourth-order valence-corrected chi connectivity index (χ4v) is 5.51. The van der Waals surface area contributed by atoms with E-state index in [4.69, 9.17) is 14.2 Å². The normalized spacial score (nSPS) is 16.6. The van der Waals surface area contributed by atoms with Crippen molar-refractivity contribution in [1.29, 1.82) is 0 Å². The highest BCUT2D eigenvalue weighted by Crippen LogP contribution is 2.34. The number of aromatic nitrogens is 2. The number of rotatable bonds is 10. The molecular formula is C30H40N6O3. The average Bonchev–Trinajstić information content (AvgIpc) is 3.01. The van der Waals surface area contributed by atoms with E-state index in [2.05, 4.69) is 42.5 Å². The number of piperazine rings is 1. The molecular weight excluding hydrogens is 492 g/mol. The van der Waals surface area contributed by atoms with Gasteiger partial charge in [-0.3, -0.25) is 4.90 Å². The van der Waals surface area contributed by atoms with Crippen molar-refractivity contribution in [2.75, 3.05) is 70.8 Å². The molecule has 1 aromatic heterocycles. The molecule has 0 amide bonds. The van der Waals surface area contributed by atoms with Crippen molar-refractivity contribution in [2.45, 2.75) is 31.7 Å². The Morgan fingerprint density at radius 1 is 0.821 bits per heavy atom. The Morgan fingerprint density at radius 3 is 2.13 bits per heavy atom. The van der Waals surface area contributed by atoms with Gasteiger partial charge in [-0.1, -0.05) is 0 Å².